The first kappa shape index (κ1) is 14.3. The fraction of sp³-hybridized carbons (Fsp3) is 0.400. The Hall–Kier alpha value is -1.66. The largest absolute Gasteiger partial charge is 0.339 e. The molecule has 0 spiro atoms. The molecular formula is C15H18N4OS. The van der Waals surface area contributed by atoms with Gasteiger partial charge in [-0.2, -0.15) is 0 Å². The summed E-state index contributed by atoms with van der Waals surface area (Å²) in [6.07, 6.45) is 1.56. The van der Waals surface area contributed by atoms with Gasteiger partial charge in [0, 0.05) is 31.6 Å². The number of para-hydroxylation sites is 1. The average molecular weight is 302 g/mol. The van der Waals surface area contributed by atoms with Gasteiger partial charge in [0.15, 0.2) is 0 Å². The van der Waals surface area contributed by atoms with Gasteiger partial charge in [-0.3, -0.25) is 4.79 Å². The van der Waals surface area contributed by atoms with Gasteiger partial charge in [0.25, 0.3) is 0 Å². The second-order valence-electron chi connectivity index (χ2n) is 5.17. The zero-order valence-corrected chi connectivity index (χ0v) is 12.8. The van der Waals surface area contributed by atoms with Crippen molar-refractivity contribution in [1.82, 2.24) is 19.8 Å². The number of rotatable bonds is 3. The van der Waals surface area contributed by atoms with Crippen molar-refractivity contribution in [2.24, 2.45) is 0 Å². The number of hydrogen-bond donors (Lipinski definition) is 0. The first-order chi connectivity index (χ1) is 10.2. The molecule has 110 valence electrons. The van der Waals surface area contributed by atoms with E-state index in [1.807, 2.05) is 29.2 Å². The molecule has 5 nitrogen and oxygen atoms in total. The third kappa shape index (κ3) is 3.33. The Morgan fingerprint density at radius 2 is 1.95 bits per heavy atom. The molecule has 2 heterocycles. The van der Waals surface area contributed by atoms with Crippen LogP contribution in [0.1, 0.15) is 0 Å². The highest BCUT2D eigenvalue weighted by Crippen LogP contribution is 2.24. The number of thioether (sulfide) groups is 1. The summed E-state index contributed by atoms with van der Waals surface area (Å²) < 4.78 is 0. The summed E-state index contributed by atoms with van der Waals surface area (Å²) in [5.74, 6) is 0.626. The Kier molecular flexibility index (Phi) is 4.36. The van der Waals surface area contributed by atoms with Crippen molar-refractivity contribution in [2.75, 3.05) is 39.0 Å². The SMILES string of the molecule is CN1CCN(C(=O)CSc2ncnc3ccccc23)CC1. The molecule has 3 rings (SSSR count). The molecule has 1 aliphatic heterocycles. The Bertz CT molecular complexity index is 635. The highest BCUT2D eigenvalue weighted by molar-refractivity contribution is 8.00. The standard InChI is InChI=1S/C15H18N4OS/c1-18-6-8-19(9-7-18)14(20)10-21-15-12-4-2-3-5-13(12)16-11-17-15/h2-5,11H,6-10H2,1H3. The van der Waals surface area contributed by atoms with Gasteiger partial charge in [-0.25, -0.2) is 9.97 Å². The van der Waals surface area contributed by atoms with Crippen LogP contribution in [0, 0.1) is 0 Å². The highest BCUT2D eigenvalue weighted by atomic mass is 32.2. The van der Waals surface area contributed by atoms with Gasteiger partial charge >= 0.3 is 0 Å². The Labute approximate surface area is 128 Å². The Balaban J connectivity index is 1.65. The number of likely N-dealkylation sites (N-methyl/N-ethyl adjacent to an activating group) is 1. The molecule has 1 aromatic heterocycles. The summed E-state index contributed by atoms with van der Waals surface area (Å²) in [4.78, 5) is 25.0. The van der Waals surface area contributed by atoms with E-state index in [-0.39, 0.29) is 5.91 Å². The number of aromatic nitrogens is 2. The van der Waals surface area contributed by atoms with Crippen LogP contribution in [-0.4, -0.2) is 64.7 Å². The monoisotopic (exact) mass is 302 g/mol. The molecule has 1 aliphatic rings. The molecule has 0 aliphatic carbocycles. The fourth-order valence-corrected chi connectivity index (χ4v) is 3.26. The highest BCUT2D eigenvalue weighted by Gasteiger charge is 2.19. The molecular weight excluding hydrogens is 284 g/mol. The summed E-state index contributed by atoms with van der Waals surface area (Å²) in [5, 5.41) is 1.89. The van der Waals surface area contributed by atoms with Crippen LogP contribution in [-0.2, 0) is 4.79 Å². The van der Waals surface area contributed by atoms with Gasteiger partial charge in [0.2, 0.25) is 5.91 Å². The number of benzene rings is 1. The van der Waals surface area contributed by atoms with E-state index in [1.54, 1.807) is 6.33 Å². The van der Waals surface area contributed by atoms with Gasteiger partial charge in [0.1, 0.15) is 11.4 Å². The maximum Gasteiger partial charge on any atom is 0.233 e. The van der Waals surface area contributed by atoms with Crippen molar-refractivity contribution in [3.8, 4) is 0 Å². The summed E-state index contributed by atoms with van der Waals surface area (Å²) >= 11 is 1.50. The van der Waals surface area contributed by atoms with Crippen molar-refractivity contribution >= 4 is 28.6 Å². The van der Waals surface area contributed by atoms with E-state index < -0.39 is 0 Å². The van der Waals surface area contributed by atoms with E-state index in [9.17, 15) is 4.79 Å². The number of nitrogens with zero attached hydrogens (tertiary/aromatic N) is 4. The van der Waals surface area contributed by atoms with Crippen molar-refractivity contribution in [3.63, 3.8) is 0 Å². The van der Waals surface area contributed by atoms with Crippen LogP contribution in [0.5, 0.6) is 0 Å². The topological polar surface area (TPSA) is 49.3 Å². The third-order valence-corrected chi connectivity index (χ3v) is 4.68. The molecule has 1 aromatic carbocycles. The van der Waals surface area contributed by atoms with E-state index in [0.29, 0.717) is 5.75 Å². The first-order valence-corrected chi connectivity index (χ1v) is 8.01. The first-order valence-electron chi connectivity index (χ1n) is 7.03. The molecule has 0 bridgehead atoms. The minimum absolute atomic E-state index is 0.191. The zero-order valence-electron chi connectivity index (χ0n) is 12.0. The lowest BCUT2D eigenvalue weighted by Gasteiger charge is -2.32. The quantitative estimate of drug-likeness (QED) is 0.635. The molecule has 21 heavy (non-hydrogen) atoms. The van der Waals surface area contributed by atoms with E-state index in [4.69, 9.17) is 0 Å². The van der Waals surface area contributed by atoms with Gasteiger partial charge in [-0.15, -0.1) is 0 Å². The number of carbonyl (C=O) groups is 1. The molecule has 2 aromatic rings. The Morgan fingerprint density at radius 3 is 2.76 bits per heavy atom. The molecule has 6 heteroatoms. The molecule has 0 atom stereocenters. The second kappa shape index (κ2) is 6.41. The average Bonchev–Trinajstić information content (AvgIpc) is 2.53. The number of piperazine rings is 1. The van der Waals surface area contributed by atoms with Crippen LogP contribution in [0.3, 0.4) is 0 Å². The maximum absolute atomic E-state index is 12.3. The van der Waals surface area contributed by atoms with Gasteiger partial charge in [-0.1, -0.05) is 30.0 Å². The summed E-state index contributed by atoms with van der Waals surface area (Å²) in [6.45, 7) is 3.54. The normalized spacial score (nSPS) is 16.3. The number of amides is 1. The molecule has 0 unspecified atom stereocenters. The summed E-state index contributed by atoms with van der Waals surface area (Å²) in [6, 6.07) is 7.89. The van der Waals surface area contributed by atoms with Crippen molar-refractivity contribution in [1.29, 1.82) is 0 Å². The fourth-order valence-electron chi connectivity index (χ4n) is 2.37. The second-order valence-corrected chi connectivity index (χ2v) is 6.13. The maximum atomic E-state index is 12.3. The summed E-state index contributed by atoms with van der Waals surface area (Å²) in [7, 11) is 2.09. The molecule has 1 saturated heterocycles. The van der Waals surface area contributed by atoms with Crippen LogP contribution in [0.15, 0.2) is 35.6 Å². The minimum atomic E-state index is 0.191. The van der Waals surface area contributed by atoms with E-state index in [2.05, 4.69) is 21.9 Å². The number of carbonyl (C=O) groups excluding carboxylic acids is 1. The lowest BCUT2D eigenvalue weighted by atomic mass is 10.2. The smallest absolute Gasteiger partial charge is 0.233 e. The van der Waals surface area contributed by atoms with Crippen LogP contribution in [0.2, 0.25) is 0 Å². The third-order valence-electron chi connectivity index (χ3n) is 3.69. The van der Waals surface area contributed by atoms with Crippen molar-refractivity contribution < 1.29 is 4.79 Å². The predicted molar refractivity (Wildman–Crippen MR) is 84.3 cm³/mol. The number of hydrogen-bond acceptors (Lipinski definition) is 5. The minimum Gasteiger partial charge on any atom is -0.339 e. The number of fused-ring (bicyclic) bond motifs is 1. The van der Waals surface area contributed by atoms with Crippen LogP contribution >= 0.6 is 11.8 Å². The molecule has 0 saturated carbocycles. The van der Waals surface area contributed by atoms with Crippen LogP contribution < -0.4 is 0 Å². The van der Waals surface area contributed by atoms with Crippen LogP contribution in [0.25, 0.3) is 10.9 Å². The predicted octanol–water partition coefficient (Wildman–Crippen LogP) is 1.50. The van der Waals surface area contributed by atoms with Gasteiger partial charge in [-0.05, 0) is 13.1 Å². The molecule has 0 N–H and O–H groups in total. The molecule has 0 radical (unpaired) electrons. The van der Waals surface area contributed by atoms with Gasteiger partial charge < -0.3 is 9.80 Å². The van der Waals surface area contributed by atoms with E-state index in [1.165, 1.54) is 11.8 Å². The van der Waals surface area contributed by atoms with E-state index in [0.717, 1.165) is 42.1 Å². The molecule has 1 fully saturated rings. The van der Waals surface area contributed by atoms with Gasteiger partial charge in [0.05, 0.1) is 11.3 Å². The van der Waals surface area contributed by atoms with Crippen LogP contribution in [0.4, 0.5) is 0 Å². The Morgan fingerprint density at radius 1 is 1.19 bits per heavy atom. The zero-order chi connectivity index (χ0) is 14.7. The lowest BCUT2D eigenvalue weighted by molar-refractivity contribution is -0.129. The summed E-state index contributed by atoms with van der Waals surface area (Å²) in [5.41, 5.74) is 0.919. The molecule has 1 amide bonds. The van der Waals surface area contributed by atoms with Crippen molar-refractivity contribution in [2.45, 2.75) is 5.03 Å². The van der Waals surface area contributed by atoms with Crippen molar-refractivity contribution in [3.05, 3.63) is 30.6 Å². The van der Waals surface area contributed by atoms with E-state index >= 15 is 0 Å². The lowest BCUT2D eigenvalue weighted by Crippen LogP contribution is -2.47.